The first-order valence-electron chi connectivity index (χ1n) is 6.80. The Hall–Kier alpha value is -2.89. The van der Waals surface area contributed by atoms with Gasteiger partial charge in [-0.05, 0) is 12.1 Å². The van der Waals surface area contributed by atoms with Gasteiger partial charge in [0, 0.05) is 22.7 Å². The number of aromatic amines is 1. The van der Waals surface area contributed by atoms with Crippen LogP contribution in [0.15, 0.2) is 30.3 Å². The lowest BCUT2D eigenvalue weighted by atomic mass is 10.1. The number of nitrogens with one attached hydrogen (secondary N) is 1. The molecule has 0 saturated heterocycles. The van der Waals surface area contributed by atoms with Crippen LogP contribution in [0.3, 0.4) is 0 Å². The molecule has 0 unspecified atom stereocenters. The first-order chi connectivity index (χ1) is 10.6. The second kappa shape index (κ2) is 5.48. The number of hydrogen-bond acceptors (Lipinski definition) is 4. The topological polar surface area (TPSA) is 92.3 Å². The van der Waals surface area contributed by atoms with E-state index in [9.17, 15) is 9.59 Å². The standard InChI is InChI=1S/C16H14N2O4/c1-22-16(21)13-8-10-9-4-2-3-5-11(9)18-15(10)12(17-13)6-7-14(19)20/h2-5,8,18H,6-7H2,1H3,(H,19,20). The van der Waals surface area contributed by atoms with Crippen molar-refractivity contribution in [2.75, 3.05) is 7.11 Å². The molecule has 1 aromatic carbocycles. The highest BCUT2D eigenvalue weighted by Gasteiger charge is 2.16. The third kappa shape index (κ3) is 2.39. The first-order valence-corrected chi connectivity index (χ1v) is 6.80. The zero-order valence-electron chi connectivity index (χ0n) is 11.9. The number of carbonyl (C=O) groups is 2. The van der Waals surface area contributed by atoms with Gasteiger partial charge in [0.2, 0.25) is 0 Å². The van der Waals surface area contributed by atoms with Crippen molar-refractivity contribution in [3.8, 4) is 0 Å². The first kappa shape index (κ1) is 14.1. The maximum Gasteiger partial charge on any atom is 0.356 e. The van der Waals surface area contributed by atoms with Crippen LogP contribution in [-0.4, -0.2) is 34.1 Å². The molecular formula is C16H14N2O4. The zero-order valence-corrected chi connectivity index (χ0v) is 11.9. The molecule has 22 heavy (non-hydrogen) atoms. The zero-order chi connectivity index (χ0) is 15.7. The smallest absolute Gasteiger partial charge is 0.356 e. The highest BCUT2D eigenvalue weighted by molar-refractivity contribution is 6.09. The van der Waals surface area contributed by atoms with Crippen LogP contribution >= 0.6 is 0 Å². The van der Waals surface area contributed by atoms with Gasteiger partial charge in [0.1, 0.15) is 5.69 Å². The van der Waals surface area contributed by atoms with Crippen LogP contribution in [-0.2, 0) is 16.0 Å². The average Bonchev–Trinajstić information content (AvgIpc) is 2.90. The van der Waals surface area contributed by atoms with Gasteiger partial charge in [0.25, 0.3) is 0 Å². The van der Waals surface area contributed by atoms with Crippen LogP contribution in [0, 0.1) is 0 Å². The molecule has 6 nitrogen and oxygen atoms in total. The molecule has 0 amide bonds. The number of rotatable bonds is 4. The number of carboxylic acid groups (broad SMARTS) is 1. The predicted molar refractivity (Wildman–Crippen MR) is 80.9 cm³/mol. The largest absolute Gasteiger partial charge is 0.481 e. The SMILES string of the molecule is COC(=O)c1cc2c([nH]c3ccccc32)c(CCC(=O)O)n1. The Morgan fingerprint density at radius 2 is 2.05 bits per heavy atom. The number of aliphatic carboxylic acids is 1. The molecule has 0 atom stereocenters. The van der Waals surface area contributed by atoms with E-state index in [0.29, 0.717) is 5.69 Å². The van der Waals surface area contributed by atoms with E-state index in [4.69, 9.17) is 9.84 Å². The van der Waals surface area contributed by atoms with E-state index in [-0.39, 0.29) is 18.5 Å². The molecule has 0 fully saturated rings. The number of aryl methyl sites for hydroxylation is 1. The monoisotopic (exact) mass is 298 g/mol. The highest BCUT2D eigenvalue weighted by atomic mass is 16.5. The molecule has 0 bridgehead atoms. The lowest BCUT2D eigenvalue weighted by molar-refractivity contribution is -0.136. The molecule has 0 aliphatic heterocycles. The van der Waals surface area contributed by atoms with Crippen LogP contribution in [0.4, 0.5) is 0 Å². The van der Waals surface area contributed by atoms with E-state index < -0.39 is 11.9 Å². The molecule has 6 heteroatoms. The van der Waals surface area contributed by atoms with Crippen molar-refractivity contribution in [3.05, 3.63) is 41.7 Å². The molecule has 2 N–H and O–H groups in total. The third-order valence-corrected chi connectivity index (χ3v) is 3.54. The van der Waals surface area contributed by atoms with E-state index in [1.807, 2.05) is 24.3 Å². The van der Waals surface area contributed by atoms with Crippen molar-refractivity contribution in [1.82, 2.24) is 9.97 Å². The number of carboxylic acids is 1. The molecule has 0 spiro atoms. The lowest BCUT2D eigenvalue weighted by Gasteiger charge is -2.05. The summed E-state index contributed by atoms with van der Waals surface area (Å²) in [6.45, 7) is 0. The Morgan fingerprint density at radius 1 is 1.27 bits per heavy atom. The molecule has 2 aromatic heterocycles. The molecule has 0 aliphatic carbocycles. The number of para-hydroxylation sites is 1. The minimum absolute atomic E-state index is 0.0535. The van der Waals surface area contributed by atoms with Crippen LogP contribution in [0.1, 0.15) is 22.6 Å². The summed E-state index contributed by atoms with van der Waals surface area (Å²) in [5, 5.41) is 10.7. The van der Waals surface area contributed by atoms with Gasteiger partial charge in [-0.3, -0.25) is 4.79 Å². The quantitative estimate of drug-likeness (QED) is 0.722. The van der Waals surface area contributed by atoms with Crippen LogP contribution < -0.4 is 0 Å². The van der Waals surface area contributed by atoms with E-state index in [0.717, 1.165) is 21.8 Å². The maximum atomic E-state index is 11.8. The maximum absolute atomic E-state index is 11.8. The van der Waals surface area contributed by atoms with Gasteiger partial charge in [-0.15, -0.1) is 0 Å². The number of H-pyrrole nitrogens is 1. The van der Waals surface area contributed by atoms with Crippen LogP contribution in [0.5, 0.6) is 0 Å². The molecule has 3 aromatic rings. The number of carbonyl (C=O) groups excluding carboxylic acids is 1. The van der Waals surface area contributed by atoms with Crippen molar-refractivity contribution in [2.45, 2.75) is 12.8 Å². The van der Waals surface area contributed by atoms with Crippen molar-refractivity contribution >= 4 is 33.7 Å². The molecule has 0 saturated carbocycles. The minimum atomic E-state index is -0.908. The number of esters is 1. The summed E-state index contributed by atoms with van der Waals surface area (Å²) in [6.07, 6.45) is 0.186. The van der Waals surface area contributed by atoms with Gasteiger partial charge >= 0.3 is 11.9 Å². The van der Waals surface area contributed by atoms with Crippen molar-refractivity contribution in [1.29, 1.82) is 0 Å². The fourth-order valence-corrected chi connectivity index (χ4v) is 2.53. The third-order valence-electron chi connectivity index (χ3n) is 3.54. The number of nitrogens with zero attached hydrogens (tertiary/aromatic N) is 1. The fourth-order valence-electron chi connectivity index (χ4n) is 2.53. The number of pyridine rings is 1. The number of methoxy groups -OCH3 is 1. The average molecular weight is 298 g/mol. The summed E-state index contributed by atoms with van der Waals surface area (Å²) < 4.78 is 4.73. The van der Waals surface area contributed by atoms with Gasteiger partial charge in [-0.1, -0.05) is 18.2 Å². The minimum Gasteiger partial charge on any atom is -0.481 e. The summed E-state index contributed by atoms with van der Waals surface area (Å²) in [6, 6.07) is 9.35. The second-order valence-electron chi connectivity index (χ2n) is 4.93. The van der Waals surface area contributed by atoms with Gasteiger partial charge in [-0.25, -0.2) is 9.78 Å². The number of fused-ring (bicyclic) bond motifs is 3. The van der Waals surface area contributed by atoms with Crippen molar-refractivity contribution in [2.24, 2.45) is 0 Å². The van der Waals surface area contributed by atoms with Crippen LogP contribution in [0.2, 0.25) is 0 Å². The fraction of sp³-hybridized carbons (Fsp3) is 0.188. The van der Waals surface area contributed by atoms with E-state index in [1.54, 1.807) is 6.07 Å². The number of benzene rings is 1. The van der Waals surface area contributed by atoms with Crippen LogP contribution in [0.25, 0.3) is 21.8 Å². The molecular weight excluding hydrogens is 284 g/mol. The number of ether oxygens (including phenoxy) is 1. The Morgan fingerprint density at radius 3 is 2.77 bits per heavy atom. The normalized spacial score (nSPS) is 11.0. The Labute approximate surface area is 125 Å². The molecule has 112 valence electrons. The lowest BCUT2D eigenvalue weighted by Crippen LogP contribution is -2.08. The number of aromatic nitrogens is 2. The Balaban J connectivity index is 2.25. The van der Waals surface area contributed by atoms with Gasteiger partial charge in [0.15, 0.2) is 0 Å². The van der Waals surface area contributed by atoms with Crippen molar-refractivity contribution < 1.29 is 19.4 Å². The van der Waals surface area contributed by atoms with E-state index >= 15 is 0 Å². The van der Waals surface area contributed by atoms with Gasteiger partial charge in [-0.2, -0.15) is 0 Å². The summed E-state index contributed by atoms with van der Waals surface area (Å²) in [7, 11) is 1.29. The Kier molecular flexibility index (Phi) is 3.50. The van der Waals surface area contributed by atoms with E-state index in [2.05, 4.69) is 9.97 Å². The molecule has 2 heterocycles. The molecule has 3 rings (SSSR count). The van der Waals surface area contributed by atoms with E-state index in [1.165, 1.54) is 7.11 Å². The summed E-state index contributed by atoms with van der Waals surface area (Å²) >= 11 is 0. The highest BCUT2D eigenvalue weighted by Crippen LogP contribution is 2.28. The summed E-state index contributed by atoms with van der Waals surface area (Å²) in [5.41, 5.74) is 2.41. The molecule has 0 aliphatic rings. The predicted octanol–water partition coefficient (Wildman–Crippen LogP) is 2.52. The molecule has 0 radical (unpaired) electrons. The second-order valence-corrected chi connectivity index (χ2v) is 4.93. The van der Waals surface area contributed by atoms with Gasteiger partial charge < -0.3 is 14.8 Å². The summed E-state index contributed by atoms with van der Waals surface area (Å²) in [4.78, 5) is 30.1. The Bertz CT molecular complexity index is 882. The van der Waals surface area contributed by atoms with Gasteiger partial charge in [0.05, 0.1) is 24.7 Å². The summed E-state index contributed by atoms with van der Waals surface area (Å²) in [5.74, 6) is -1.45. The van der Waals surface area contributed by atoms with Crippen molar-refractivity contribution in [3.63, 3.8) is 0 Å². The number of hydrogen-bond donors (Lipinski definition) is 2.